The third kappa shape index (κ3) is 2.09. The summed E-state index contributed by atoms with van der Waals surface area (Å²) >= 11 is 0. The van der Waals surface area contributed by atoms with E-state index in [2.05, 4.69) is 23.5 Å². The summed E-state index contributed by atoms with van der Waals surface area (Å²) in [4.78, 5) is 15.0. The molecule has 3 nitrogen and oxygen atoms in total. The molecule has 3 heteroatoms. The molecule has 2 aliphatic rings. The molecule has 0 unspecified atom stereocenters. The minimum Gasteiger partial charge on any atom is -0.354 e. The molecule has 0 aromatic heterocycles. The van der Waals surface area contributed by atoms with Crippen molar-refractivity contribution in [3.05, 3.63) is 102 Å². The monoisotopic (exact) mass is 324 g/mol. The quantitative estimate of drug-likeness (QED) is 0.693. The minimum atomic E-state index is -0.102. The SMILES string of the molecule is O=C1c2ccccc2[C@@H]2C=C(c3ccccc3)Nc3ccccc3N12. The maximum absolute atomic E-state index is 13.1. The summed E-state index contributed by atoms with van der Waals surface area (Å²) in [5.41, 5.74) is 5.82. The summed E-state index contributed by atoms with van der Waals surface area (Å²) in [5.74, 6) is 0.0559. The van der Waals surface area contributed by atoms with Crippen LogP contribution >= 0.6 is 0 Å². The molecule has 0 spiro atoms. The second-order valence-electron chi connectivity index (χ2n) is 6.30. The number of carbonyl (C=O) groups is 1. The van der Waals surface area contributed by atoms with E-state index in [4.69, 9.17) is 0 Å². The Labute approximate surface area is 146 Å². The summed E-state index contributed by atoms with van der Waals surface area (Å²) in [6.07, 6.45) is 2.15. The van der Waals surface area contributed by atoms with Gasteiger partial charge in [0.2, 0.25) is 0 Å². The Balaban J connectivity index is 1.76. The van der Waals surface area contributed by atoms with Crippen LogP contribution in [0.2, 0.25) is 0 Å². The summed E-state index contributed by atoms with van der Waals surface area (Å²) in [6, 6.07) is 26.0. The molecule has 120 valence electrons. The smallest absolute Gasteiger partial charge is 0.259 e. The van der Waals surface area contributed by atoms with Crippen molar-refractivity contribution in [3.63, 3.8) is 0 Å². The lowest BCUT2D eigenvalue weighted by molar-refractivity contribution is 0.0994. The topological polar surface area (TPSA) is 32.3 Å². The number of hydrogen-bond donors (Lipinski definition) is 1. The van der Waals surface area contributed by atoms with Crippen molar-refractivity contribution in [3.8, 4) is 0 Å². The minimum absolute atomic E-state index is 0.0559. The first-order valence-corrected chi connectivity index (χ1v) is 8.39. The first-order chi connectivity index (χ1) is 12.3. The molecule has 0 saturated carbocycles. The number of anilines is 2. The number of nitrogens with one attached hydrogen (secondary N) is 1. The lowest BCUT2D eigenvalue weighted by atomic mass is 10.0. The van der Waals surface area contributed by atoms with Gasteiger partial charge in [0.05, 0.1) is 17.4 Å². The van der Waals surface area contributed by atoms with Crippen LogP contribution in [0.5, 0.6) is 0 Å². The highest BCUT2D eigenvalue weighted by molar-refractivity contribution is 6.14. The second kappa shape index (κ2) is 5.35. The van der Waals surface area contributed by atoms with Gasteiger partial charge in [-0.15, -0.1) is 0 Å². The van der Waals surface area contributed by atoms with Crippen LogP contribution in [0.4, 0.5) is 11.4 Å². The Morgan fingerprint density at radius 2 is 1.52 bits per heavy atom. The van der Waals surface area contributed by atoms with E-state index in [9.17, 15) is 4.79 Å². The van der Waals surface area contributed by atoms with E-state index in [1.165, 1.54) is 0 Å². The highest BCUT2D eigenvalue weighted by Gasteiger charge is 2.38. The van der Waals surface area contributed by atoms with Gasteiger partial charge in [0.25, 0.3) is 5.91 Å². The van der Waals surface area contributed by atoms with Crippen LogP contribution in [0.3, 0.4) is 0 Å². The average Bonchev–Trinajstić information content (AvgIpc) is 2.84. The van der Waals surface area contributed by atoms with Crippen molar-refractivity contribution in [2.45, 2.75) is 6.04 Å². The molecule has 0 aliphatic carbocycles. The van der Waals surface area contributed by atoms with Gasteiger partial charge in [-0.25, -0.2) is 0 Å². The van der Waals surface area contributed by atoms with E-state index in [1.807, 2.05) is 71.6 Å². The maximum Gasteiger partial charge on any atom is 0.259 e. The van der Waals surface area contributed by atoms with Gasteiger partial charge >= 0.3 is 0 Å². The van der Waals surface area contributed by atoms with Crippen LogP contribution in [0, 0.1) is 0 Å². The molecule has 0 fully saturated rings. The van der Waals surface area contributed by atoms with Crippen molar-refractivity contribution in [1.82, 2.24) is 0 Å². The molecule has 0 radical (unpaired) electrons. The van der Waals surface area contributed by atoms with Crippen LogP contribution in [0.25, 0.3) is 5.70 Å². The molecular weight excluding hydrogens is 308 g/mol. The van der Waals surface area contributed by atoms with Gasteiger partial charge in [-0.2, -0.15) is 0 Å². The van der Waals surface area contributed by atoms with Crippen molar-refractivity contribution in [2.24, 2.45) is 0 Å². The Kier molecular flexibility index (Phi) is 3.01. The van der Waals surface area contributed by atoms with E-state index in [1.54, 1.807) is 0 Å². The molecule has 0 saturated heterocycles. The lowest BCUT2D eigenvalue weighted by Gasteiger charge is -2.22. The van der Waals surface area contributed by atoms with Gasteiger partial charge in [0.1, 0.15) is 0 Å². The predicted molar refractivity (Wildman–Crippen MR) is 100 cm³/mol. The molecule has 1 amide bonds. The van der Waals surface area contributed by atoms with Crippen molar-refractivity contribution in [2.75, 3.05) is 10.2 Å². The largest absolute Gasteiger partial charge is 0.354 e. The second-order valence-corrected chi connectivity index (χ2v) is 6.30. The number of nitrogens with zero attached hydrogens (tertiary/aromatic N) is 1. The first-order valence-electron chi connectivity index (χ1n) is 8.39. The molecule has 3 aromatic rings. The van der Waals surface area contributed by atoms with Crippen LogP contribution in [-0.4, -0.2) is 5.91 Å². The highest BCUT2D eigenvalue weighted by atomic mass is 16.2. The molecule has 1 atom stereocenters. The number of amides is 1. The number of para-hydroxylation sites is 2. The predicted octanol–water partition coefficient (Wildman–Crippen LogP) is 4.85. The van der Waals surface area contributed by atoms with E-state index in [-0.39, 0.29) is 11.9 Å². The Bertz CT molecular complexity index is 1010. The van der Waals surface area contributed by atoms with Gasteiger partial charge in [-0.05, 0) is 35.4 Å². The fourth-order valence-electron chi connectivity index (χ4n) is 3.69. The van der Waals surface area contributed by atoms with Crippen LogP contribution in [0.15, 0.2) is 84.9 Å². The van der Waals surface area contributed by atoms with Gasteiger partial charge < -0.3 is 5.32 Å². The number of rotatable bonds is 1. The molecule has 5 rings (SSSR count). The van der Waals surface area contributed by atoms with Gasteiger partial charge in [0, 0.05) is 11.3 Å². The van der Waals surface area contributed by atoms with E-state index in [0.29, 0.717) is 0 Å². The summed E-state index contributed by atoms with van der Waals surface area (Å²) in [7, 11) is 0. The zero-order chi connectivity index (χ0) is 16.8. The van der Waals surface area contributed by atoms with E-state index >= 15 is 0 Å². The van der Waals surface area contributed by atoms with Crippen LogP contribution < -0.4 is 10.2 Å². The van der Waals surface area contributed by atoms with Crippen molar-refractivity contribution < 1.29 is 4.79 Å². The van der Waals surface area contributed by atoms with E-state index in [0.717, 1.165) is 33.8 Å². The zero-order valence-electron chi connectivity index (χ0n) is 13.5. The van der Waals surface area contributed by atoms with Gasteiger partial charge in [0.15, 0.2) is 0 Å². The van der Waals surface area contributed by atoms with Crippen LogP contribution in [-0.2, 0) is 0 Å². The number of benzene rings is 3. The summed E-state index contributed by atoms with van der Waals surface area (Å²) in [5, 5.41) is 3.52. The fraction of sp³-hybridized carbons (Fsp3) is 0.0455. The Hall–Kier alpha value is -3.33. The first kappa shape index (κ1) is 14.1. The fourth-order valence-corrected chi connectivity index (χ4v) is 3.69. The lowest BCUT2D eigenvalue weighted by Crippen LogP contribution is -2.26. The Morgan fingerprint density at radius 3 is 2.40 bits per heavy atom. The molecular formula is C22H16N2O. The molecule has 2 heterocycles. The van der Waals surface area contributed by atoms with Crippen LogP contribution in [0.1, 0.15) is 27.5 Å². The standard InChI is InChI=1S/C22H16N2O/c25-22-17-11-5-4-10-16(17)21-14-19(15-8-2-1-3-9-15)23-18-12-6-7-13-20(18)24(21)22/h1-14,21,23H/t21-/m0/s1. The average molecular weight is 324 g/mol. The number of hydrogen-bond acceptors (Lipinski definition) is 2. The summed E-state index contributed by atoms with van der Waals surface area (Å²) < 4.78 is 0. The molecule has 1 N–H and O–H groups in total. The normalized spacial score (nSPS) is 17.8. The van der Waals surface area contributed by atoms with E-state index < -0.39 is 0 Å². The summed E-state index contributed by atoms with van der Waals surface area (Å²) in [6.45, 7) is 0. The van der Waals surface area contributed by atoms with Crippen molar-refractivity contribution >= 4 is 23.0 Å². The molecule has 3 aromatic carbocycles. The maximum atomic E-state index is 13.1. The molecule has 0 bridgehead atoms. The third-order valence-electron chi connectivity index (χ3n) is 4.85. The number of fused-ring (bicyclic) bond motifs is 5. The highest BCUT2D eigenvalue weighted by Crippen LogP contribution is 2.45. The zero-order valence-corrected chi connectivity index (χ0v) is 13.5. The molecule has 25 heavy (non-hydrogen) atoms. The van der Waals surface area contributed by atoms with Gasteiger partial charge in [-0.3, -0.25) is 9.69 Å². The molecule has 2 aliphatic heterocycles. The van der Waals surface area contributed by atoms with Gasteiger partial charge in [-0.1, -0.05) is 60.7 Å². The number of carbonyl (C=O) groups excluding carboxylic acids is 1. The van der Waals surface area contributed by atoms with Crippen molar-refractivity contribution in [1.29, 1.82) is 0 Å². The Morgan fingerprint density at radius 1 is 0.800 bits per heavy atom. The third-order valence-corrected chi connectivity index (χ3v) is 4.85.